The van der Waals surface area contributed by atoms with Crippen LogP contribution in [0.1, 0.15) is 19.3 Å². The molecule has 0 atom stereocenters. The van der Waals surface area contributed by atoms with Gasteiger partial charge in [0, 0.05) is 0 Å². The van der Waals surface area contributed by atoms with Gasteiger partial charge in [-0.05, 0) is 24.8 Å². The van der Waals surface area contributed by atoms with Gasteiger partial charge in [0.15, 0.2) is 0 Å². The maximum Gasteiger partial charge on any atom is 1.00 e. The van der Waals surface area contributed by atoms with Crippen molar-refractivity contribution in [1.29, 1.82) is 0 Å². The normalized spacial score (nSPS) is 16.2. The molecule has 0 saturated carbocycles. The maximum atomic E-state index is 10.0. The minimum absolute atomic E-state index is 0. The predicted octanol–water partition coefficient (Wildman–Crippen LogP) is -3.15. The standard InChI is InChI=1S/C6H8O2.Na/c7-6(8)5-3-1-2-4-5;/h3H,1-2,4H2,(H,7,8);/q;+1/p-1. The van der Waals surface area contributed by atoms with Gasteiger partial charge in [-0.2, -0.15) is 0 Å². The van der Waals surface area contributed by atoms with Crippen molar-refractivity contribution in [3.05, 3.63) is 11.6 Å². The molecule has 0 N–H and O–H groups in total. The van der Waals surface area contributed by atoms with Gasteiger partial charge in [-0.25, -0.2) is 0 Å². The molecule has 0 radical (unpaired) electrons. The van der Waals surface area contributed by atoms with E-state index in [2.05, 4.69) is 0 Å². The Morgan fingerprint density at radius 3 is 2.56 bits per heavy atom. The first-order chi connectivity index (χ1) is 3.80. The first kappa shape index (κ1) is 9.21. The molecule has 1 aliphatic carbocycles. The van der Waals surface area contributed by atoms with Gasteiger partial charge in [0.2, 0.25) is 0 Å². The summed E-state index contributed by atoms with van der Waals surface area (Å²) in [6, 6.07) is 0. The van der Waals surface area contributed by atoms with Crippen molar-refractivity contribution >= 4 is 5.97 Å². The molecule has 44 valence electrons. The Bertz CT molecular complexity index is 140. The maximum absolute atomic E-state index is 10.0. The van der Waals surface area contributed by atoms with Crippen molar-refractivity contribution in [2.24, 2.45) is 0 Å². The van der Waals surface area contributed by atoms with Crippen LogP contribution < -0.4 is 34.7 Å². The van der Waals surface area contributed by atoms with Crippen molar-refractivity contribution in [2.75, 3.05) is 0 Å². The fraction of sp³-hybridized carbons (Fsp3) is 0.500. The van der Waals surface area contributed by atoms with Gasteiger partial charge < -0.3 is 9.90 Å². The van der Waals surface area contributed by atoms with E-state index in [4.69, 9.17) is 0 Å². The minimum atomic E-state index is -0.998. The summed E-state index contributed by atoms with van der Waals surface area (Å²) in [4.78, 5) is 10.0. The number of carboxylic acid groups (broad SMARTS) is 1. The molecule has 0 spiro atoms. The van der Waals surface area contributed by atoms with Crippen LogP contribution in [0.25, 0.3) is 0 Å². The van der Waals surface area contributed by atoms with Crippen molar-refractivity contribution in [2.45, 2.75) is 19.3 Å². The first-order valence-corrected chi connectivity index (χ1v) is 2.71. The molecule has 0 aliphatic heterocycles. The van der Waals surface area contributed by atoms with Gasteiger partial charge in [-0.1, -0.05) is 6.08 Å². The van der Waals surface area contributed by atoms with Crippen LogP contribution >= 0.6 is 0 Å². The van der Waals surface area contributed by atoms with Gasteiger partial charge in [0.1, 0.15) is 0 Å². The van der Waals surface area contributed by atoms with E-state index in [1.807, 2.05) is 0 Å². The zero-order valence-electron chi connectivity index (χ0n) is 5.52. The molecule has 1 rings (SSSR count). The van der Waals surface area contributed by atoms with Gasteiger partial charge in [-0.15, -0.1) is 0 Å². The van der Waals surface area contributed by atoms with Gasteiger partial charge in [0.05, 0.1) is 5.97 Å². The van der Waals surface area contributed by atoms with Crippen molar-refractivity contribution in [3.63, 3.8) is 0 Å². The van der Waals surface area contributed by atoms with Crippen LogP contribution in [-0.4, -0.2) is 5.97 Å². The van der Waals surface area contributed by atoms with Crippen LogP contribution in [0.5, 0.6) is 0 Å². The first-order valence-electron chi connectivity index (χ1n) is 2.71. The third-order valence-electron chi connectivity index (χ3n) is 1.30. The summed E-state index contributed by atoms with van der Waals surface area (Å²) in [5.41, 5.74) is 0.477. The molecule has 9 heavy (non-hydrogen) atoms. The summed E-state index contributed by atoms with van der Waals surface area (Å²) in [6.07, 6.45) is 4.31. The number of hydrogen-bond donors (Lipinski definition) is 0. The molecule has 0 heterocycles. The van der Waals surface area contributed by atoms with Gasteiger partial charge in [-0.3, -0.25) is 0 Å². The van der Waals surface area contributed by atoms with E-state index < -0.39 is 5.97 Å². The van der Waals surface area contributed by atoms with Crippen LogP contribution in [0.15, 0.2) is 11.6 Å². The minimum Gasteiger partial charge on any atom is -0.545 e. The SMILES string of the molecule is O=C([O-])C1=CCCC1.[Na+]. The number of carbonyl (C=O) groups is 1. The van der Waals surface area contributed by atoms with E-state index in [1.165, 1.54) is 0 Å². The zero-order chi connectivity index (χ0) is 5.98. The number of hydrogen-bond acceptors (Lipinski definition) is 2. The van der Waals surface area contributed by atoms with Crippen LogP contribution in [-0.2, 0) is 4.79 Å². The second-order valence-corrected chi connectivity index (χ2v) is 1.91. The molecular weight excluding hydrogens is 127 g/mol. The predicted molar refractivity (Wildman–Crippen MR) is 26.9 cm³/mol. The molecule has 0 aromatic rings. The summed E-state index contributed by atoms with van der Waals surface area (Å²) in [7, 11) is 0. The molecule has 0 aromatic heterocycles. The molecule has 0 amide bonds. The monoisotopic (exact) mass is 134 g/mol. The number of carbonyl (C=O) groups excluding carboxylic acids is 1. The van der Waals surface area contributed by atoms with Crippen LogP contribution in [0.4, 0.5) is 0 Å². The topological polar surface area (TPSA) is 40.1 Å². The number of aliphatic carboxylic acids is 1. The van der Waals surface area contributed by atoms with E-state index in [0.717, 1.165) is 12.8 Å². The molecule has 2 nitrogen and oxygen atoms in total. The third-order valence-corrected chi connectivity index (χ3v) is 1.30. The third kappa shape index (κ3) is 2.52. The van der Waals surface area contributed by atoms with Crippen molar-refractivity contribution < 1.29 is 39.5 Å². The summed E-state index contributed by atoms with van der Waals surface area (Å²) >= 11 is 0. The van der Waals surface area contributed by atoms with Crippen molar-refractivity contribution in [3.8, 4) is 0 Å². The molecule has 3 heteroatoms. The fourth-order valence-electron chi connectivity index (χ4n) is 0.856. The number of carboxylic acids is 1. The molecule has 0 bridgehead atoms. The molecular formula is C6H7NaO2. The Morgan fingerprint density at radius 2 is 2.33 bits per heavy atom. The van der Waals surface area contributed by atoms with E-state index in [1.54, 1.807) is 6.08 Å². The van der Waals surface area contributed by atoms with Crippen LogP contribution in [0.3, 0.4) is 0 Å². The Hall–Kier alpha value is 0.210. The van der Waals surface area contributed by atoms with Crippen LogP contribution in [0, 0.1) is 0 Å². The van der Waals surface area contributed by atoms with E-state index in [9.17, 15) is 9.90 Å². The molecule has 0 saturated heterocycles. The molecule has 0 aromatic carbocycles. The average Bonchev–Trinajstić information content (AvgIpc) is 2.12. The Morgan fingerprint density at radius 1 is 1.67 bits per heavy atom. The van der Waals surface area contributed by atoms with Gasteiger partial charge in [0.25, 0.3) is 0 Å². The smallest absolute Gasteiger partial charge is 0.545 e. The second kappa shape index (κ2) is 4.09. The quantitative estimate of drug-likeness (QED) is 0.355. The Balaban J connectivity index is 0.000000640. The molecule has 0 fully saturated rings. The Kier molecular flexibility index (Phi) is 4.19. The number of rotatable bonds is 1. The second-order valence-electron chi connectivity index (χ2n) is 1.91. The summed E-state index contributed by atoms with van der Waals surface area (Å²) in [5.74, 6) is -0.998. The fourth-order valence-corrected chi connectivity index (χ4v) is 0.856. The summed E-state index contributed by atoms with van der Waals surface area (Å²) in [6.45, 7) is 0. The zero-order valence-corrected chi connectivity index (χ0v) is 7.52. The van der Waals surface area contributed by atoms with Gasteiger partial charge >= 0.3 is 29.6 Å². The van der Waals surface area contributed by atoms with E-state index >= 15 is 0 Å². The largest absolute Gasteiger partial charge is 1.00 e. The summed E-state index contributed by atoms with van der Waals surface area (Å²) < 4.78 is 0. The number of allylic oxidation sites excluding steroid dienone is 1. The van der Waals surface area contributed by atoms with Crippen molar-refractivity contribution in [1.82, 2.24) is 0 Å². The van der Waals surface area contributed by atoms with Crippen LogP contribution in [0.2, 0.25) is 0 Å². The van der Waals surface area contributed by atoms with E-state index in [0.29, 0.717) is 12.0 Å². The van der Waals surface area contributed by atoms with E-state index in [-0.39, 0.29) is 29.6 Å². The Labute approximate surface area is 76.2 Å². The molecule has 0 unspecified atom stereocenters. The average molecular weight is 134 g/mol. The molecule has 1 aliphatic rings. The summed E-state index contributed by atoms with van der Waals surface area (Å²) in [5, 5.41) is 10.0.